The van der Waals surface area contributed by atoms with Gasteiger partial charge < -0.3 is 14.2 Å². The topological polar surface area (TPSA) is 78.9 Å². The summed E-state index contributed by atoms with van der Waals surface area (Å²) in [6, 6.07) is 0. The molecular formula is C65H112O6. The summed E-state index contributed by atoms with van der Waals surface area (Å²) in [5.41, 5.74) is 0. The third-order valence-electron chi connectivity index (χ3n) is 12.9. The number of carbonyl (C=O) groups excluding carboxylic acids is 3. The monoisotopic (exact) mass is 989 g/mol. The normalized spacial score (nSPS) is 12.7. The number of hydrogen-bond donors (Lipinski definition) is 0. The van der Waals surface area contributed by atoms with Crippen LogP contribution < -0.4 is 0 Å². The van der Waals surface area contributed by atoms with E-state index in [0.717, 1.165) is 122 Å². The summed E-state index contributed by atoms with van der Waals surface area (Å²) in [6.45, 7) is 6.50. The average molecular weight is 990 g/mol. The summed E-state index contributed by atoms with van der Waals surface area (Å²) in [4.78, 5) is 38.2. The van der Waals surface area contributed by atoms with Crippen LogP contribution >= 0.6 is 0 Å². The fourth-order valence-corrected chi connectivity index (χ4v) is 8.38. The summed E-state index contributed by atoms with van der Waals surface area (Å²) in [5, 5.41) is 0. The number of ether oxygens (including phenoxy) is 3. The molecule has 0 spiro atoms. The fraction of sp³-hybridized carbons (Fsp3) is 0.738. The highest BCUT2D eigenvalue weighted by molar-refractivity contribution is 5.71. The number of rotatable bonds is 54. The van der Waals surface area contributed by atoms with Gasteiger partial charge in [0.2, 0.25) is 0 Å². The Kier molecular flexibility index (Phi) is 56.3. The molecule has 0 aliphatic carbocycles. The van der Waals surface area contributed by atoms with Gasteiger partial charge in [-0.05, 0) is 96.3 Å². The largest absolute Gasteiger partial charge is 0.462 e. The third kappa shape index (κ3) is 57.4. The zero-order valence-corrected chi connectivity index (χ0v) is 46.7. The van der Waals surface area contributed by atoms with Crippen LogP contribution in [0.4, 0.5) is 0 Å². The van der Waals surface area contributed by atoms with Crippen molar-refractivity contribution >= 4 is 17.9 Å². The first-order valence-corrected chi connectivity index (χ1v) is 30.1. The van der Waals surface area contributed by atoms with E-state index in [0.29, 0.717) is 19.3 Å². The highest BCUT2D eigenvalue weighted by Gasteiger charge is 2.19. The van der Waals surface area contributed by atoms with Gasteiger partial charge >= 0.3 is 17.9 Å². The van der Waals surface area contributed by atoms with Gasteiger partial charge in [-0.25, -0.2) is 0 Å². The smallest absolute Gasteiger partial charge is 0.306 e. The second-order valence-electron chi connectivity index (χ2n) is 19.9. The summed E-state index contributed by atoms with van der Waals surface area (Å²) in [7, 11) is 0. The van der Waals surface area contributed by atoms with Crippen LogP contribution in [-0.2, 0) is 28.6 Å². The highest BCUT2D eigenvalue weighted by atomic mass is 16.6. The number of unbranched alkanes of at least 4 members (excludes halogenated alkanes) is 29. The Bertz CT molecular complexity index is 1370. The van der Waals surface area contributed by atoms with Crippen molar-refractivity contribution in [1.82, 2.24) is 0 Å². The van der Waals surface area contributed by atoms with E-state index in [-0.39, 0.29) is 31.1 Å². The molecule has 6 heteroatoms. The second kappa shape index (κ2) is 59.2. The molecule has 1 atom stereocenters. The van der Waals surface area contributed by atoms with Gasteiger partial charge in [0.15, 0.2) is 6.10 Å². The highest BCUT2D eigenvalue weighted by Crippen LogP contribution is 2.16. The molecule has 0 radical (unpaired) electrons. The molecule has 0 rings (SSSR count). The molecule has 0 fully saturated rings. The molecule has 0 aliphatic heterocycles. The minimum atomic E-state index is -0.796. The van der Waals surface area contributed by atoms with E-state index in [1.165, 1.54) is 128 Å². The van der Waals surface area contributed by atoms with E-state index in [4.69, 9.17) is 14.2 Å². The third-order valence-corrected chi connectivity index (χ3v) is 12.9. The molecule has 0 amide bonds. The number of allylic oxidation sites excluding steroid dienone is 14. The minimum absolute atomic E-state index is 0.0927. The van der Waals surface area contributed by atoms with Crippen molar-refractivity contribution < 1.29 is 28.6 Å². The zero-order valence-electron chi connectivity index (χ0n) is 46.7. The van der Waals surface area contributed by atoms with Crippen LogP contribution in [0.15, 0.2) is 85.1 Å². The van der Waals surface area contributed by atoms with Gasteiger partial charge in [-0.1, -0.05) is 260 Å². The van der Waals surface area contributed by atoms with Gasteiger partial charge in [0, 0.05) is 19.3 Å². The molecular weight excluding hydrogens is 877 g/mol. The summed E-state index contributed by atoms with van der Waals surface area (Å²) in [5.74, 6) is -0.927. The van der Waals surface area contributed by atoms with Crippen LogP contribution in [0.3, 0.4) is 0 Å². The first-order valence-electron chi connectivity index (χ1n) is 30.1. The molecule has 0 heterocycles. The quantitative estimate of drug-likeness (QED) is 0.0261. The van der Waals surface area contributed by atoms with Crippen LogP contribution in [0, 0.1) is 0 Å². The van der Waals surface area contributed by atoms with E-state index in [1.807, 2.05) is 0 Å². The zero-order chi connectivity index (χ0) is 51.4. The Morgan fingerprint density at radius 1 is 0.296 bits per heavy atom. The minimum Gasteiger partial charge on any atom is -0.462 e. The van der Waals surface area contributed by atoms with Gasteiger partial charge in [-0.3, -0.25) is 14.4 Å². The lowest BCUT2D eigenvalue weighted by Crippen LogP contribution is -2.30. The number of esters is 3. The van der Waals surface area contributed by atoms with E-state index in [1.54, 1.807) is 0 Å². The maximum Gasteiger partial charge on any atom is 0.306 e. The Morgan fingerprint density at radius 3 is 0.887 bits per heavy atom. The van der Waals surface area contributed by atoms with Gasteiger partial charge in [-0.2, -0.15) is 0 Å². The Labute approximate surface area is 439 Å². The van der Waals surface area contributed by atoms with Crippen molar-refractivity contribution in [3.63, 3.8) is 0 Å². The predicted molar refractivity (Wildman–Crippen MR) is 307 cm³/mol. The second-order valence-corrected chi connectivity index (χ2v) is 19.9. The van der Waals surface area contributed by atoms with Crippen molar-refractivity contribution in [2.24, 2.45) is 0 Å². The molecule has 0 N–H and O–H groups in total. The van der Waals surface area contributed by atoms with Crippen molar-refractivity contribution in [1.29, 1.82) is 0 Å². The first kappa shape index (κ1) is 67.6. The summed E-state index contributed by atoms with van der Waals surface area (Å²) in [6.07, 6.45) is 77.2. The molecule has 0 aliphatic rings. The molecule has 0 aromatic carbocycles. The molecule has 0 aromatic heterocycles. The van der Waals surface area contributed by atoms with E-state index in [9.17, 15) is 14.4 Å². The number of hydrogen-bond acceptors (Lipinski definition) is 6. The van der Waals surface area contributed by atoms with Crippen LogP contribution in [0.2, 0.25) is 0 Å². The molecule has 0 saturated carbocycles. The number of carbonyl (C=O) groups is 3. The predicted octanol–water partition coefficient (Wildman–Crippen LogP) is 20.3. The summed E-state index contributed by atoms with van der Waals surface area (Å²) < 4.78 is 16.9. The maximum atomic E-state index is 12.9. The molecule has 71 heavy (non-hydrogen) atoms. The first-order chi connectivity index (χ1) is 35.0. The lowest BCUT2D eigenvalue weighted by atomic mass is 10.0. The SMILES string of the molecule is CC/C=C\C/C=C\C/C=C\C/C=C\C/C=C\CCCCCC(=O)OCC(COC(=O)CCCCCCC/C=C\C/C=C\CCCCCC)OC(=O)CCCCCCCCCCCCCCCCCCCC. The molecule has 6 nitrogen and oxygen atoms in total. The van der Waals surface area contributed by atoms with Crippen molar-refractivity contribution in [3.05, 3.63) is 85.1 Å². The summed E-state index contributed by atoms with van der Waals surface area (Å²) >= 11 is 0. The maximum absolute atomic E-state index is 12.9. The Morgan fingerprint density at radius 2 is 0.549 bits per heavy atom. The van der Waals surface area contributed by atoms with E-state index < -0.39 is 6.10 Å². The van der Waals surface area contributed by atoms with Gasteiger partial charge in [0.25, 0.3) is 0 Å². The molecule has 1 unspecified atom stereocenters. The van der Waals surface area contributed by atoms with Crippen molar-refractivity contribution in [2.45, 2.75) is 297 Å². The lowest BCUT2D eigenvalue weighted by molar-refractivity contribution is -0.167. The standard InChI is InChI=1S/C65H112O6/c1-4-7-10-13-16-19-22-25-28-31-33-35-37-40-43-46-49-52-55-58-64(67)70-61-62(60-69-63(66)57-54-51-48-45-42-39-36-30-27-24-21-18-15-12-9-6-3)71-65(68)59-56-53-50-47-44-41-38-34-32-29-26-23-20-17-14-11-8-5-2/h7,10,16,19,21,24-25,28,30,33,35-36,40,43,62H,4-6,8-9,11-15,17-18,20,22-23,26-27,29,31-32,34,37-39,41-42,44-61H2,1-3H3/b10-7-,19-16-,24-21-,28-25-,35-33-,36-30-,43-40-. The molecule has 408 valence electrons. The van der Waals surface area contributed by atoms with Gasteiger partial charge in [0.05, 0.1) is 0 Å². The lowest BCUT2D eigenvalue weighted by Gasteiger charge is -2.18. The molecule has 0 bridgehead atoms. The Balaban J connectivity index is 4.45. The molecule has 0 saturated heterocycles. The van der Waals surface area contributed by atoms with E-state index in [2.05, 4.69) is 106 Å². The van der Waals surface area contributed by atoms with Crippen molar-refractivity contribution in [3.8, 4) is 0 Å². The van der Waals surface area contributed by atoms with Crippen LogP contribution in [0.25, 0.3) is 0 Å². The molecule has 0 aromatic rings. The fourth-order valence-electron chi connectivity index (χ4n) is 8.38. The Hall–Kier alpha value is -3.41. The van der Waals surface area contributed by atoms with Crippen LogP contribution in [0.5, 0.6) is 0 Å². The van der Waals surface area contributed by atoms with Crippen LogP contribution in [-0.4, -0.2) is 37.2 Å². The van der Waals surface area contributed by atoms with Gasteiger partial charge in [0.1, 0.15) is 13.2 Å². The van der Waals surface area contributed by atoms with Crippen LogP contribution in [0.1, 0.15) is 290 Å². The van der Waals surface area contributed by atoms with Crippen molar-refractivity contribution in [2.75, 3.05) is 13.2 Å². The van der Waals surface area contributed by atoms with Gasteiger partial charge in [-0.15, -0.1) is 0 Å². The van der Waals surface area contributed by atoms with E-state index >= 15 is 0 Å². The average Bonchev–Trinajstić information content (AvgIpc) is 3.37.